The zero-order valence-corrected chi connectivity index (χ0v) is 15.6. The molecular formula is C21H22N4O3. The SMILES string of the molecule is CC1CC(=O)Nc2ccc(C(=O)Nc3ccc4c(c3)NC(=O)CCC4)cc2N1. The van der Waals surface area contributed by atoms with Crippen LogP contribution in [-0.2, 0) is 16.0 Å². The minimum atomic E-state index is -0.257. The van der Waals surface area contributed by atoms with Crippen LogP contribution < -0.4 is 21.3 Å². The molecule has 7 heteroatoms. The zero-order valence-electron chi connectivity index (χ0n) is 15.6. The van der Waals surface area contributed by atoms with E-state index in [1.54, 1.807) is 24.3 Å². The topological polar surface area (TPSA) is 99.3 Å². The van der Waals surface area contributed by atoms with Crippen LogP contribution in [0.3, 0.4) is 0 Å². The van der Waals surface area contributed by atoms with E-state index in [1.807, 2.05) is 19.1 Å². The Morgan fingerprint density at radius 1 is 0.964 bits per heavy atom. The van der Waals surface area contributed by atoms with Gasteiger partial charge in [-0.3, -0.25) is 14.4 Å². The molecular weight excluding hydrogens is 356 g/mol. The van der Waals surface area contributed by atoms with Gasteiger partial charge in [-0.05, 0) is 55.7 Å². The molecule has 28 heavy (non-hydrogen) atoms. The summed E-state index contributed by atoms with van der Waals surface area (Å²) in [5, 5.41) is 11.9. The summed E-state index contributed by atoms with van der Waals surface area (Å²) in [5.74, 6) is -0.314. The first-order valence-corrected chi connectivity index (χ1v) is 9.42. The van der Waals surface area contributed by atoms with Crippen LogP contribution in [0.2, 0.25) is 0 Å². The second-order valence-corrected chi connectivity index (χ2v) is 7.29. The molecule has 3 amide bonds. The summed E-state index contributed by atoms with van der Waals surface area (Å²) in [7, 11) is 0. The Kier molecular flexibility index (Phi) is 4.73. The van der Waals surface area contributed by atoms with Crippen LogP contribution in [0.4, 0.5) is 22.7 Å². The molecule has 7 nitrogen and oxygen atoms in total. The van der Waals surface area contributed by atoms with Crippen molar-refractivity contribution in [2.24, 2.45) is 0 Å². The van der Waals surface area contributed by atoms with Crippen LogP contribution in [0.25, 0.3) is 0 Å². The number of fused-ring (bicyclic) bond motifs is 2. The van der Waals surface area contributed by atoms with Gasteiger partial charge in [0.15, 0.2) is 0 Å². The quantitative estimate of drug-likeness (QED) is 0.644. The molecule has 0 aromatic heterocycles. The van der Waals surface area contributed by atoms with Crippen molar-refractivity contribution in [1.82, 2.24) is 0 Å². The average molecular weight is 378 g/mol. The maximum Gasteiger partial charge on any atom is 0.255 e. The fourth-order valence-electron chi connectivity index (χ4n) is 3.55. The van der Waals surface area contributed by atoms with Crippen molar-refractivity contribution in [1.29, 1.82) is 0 Å². The Morgan fingerprint density at radius 2 is 1.79 bits per heavy atom. The number of carbonyl (C=O) groups is 3. The standard InChI is InChI=1S/C21H22N4O3/c1-12-9-20(27)24-16-8-6-14(10-18(16)22-12)21(28)23-15-7-5-13-3-2-4-19(26)25-17(13)11-15/h5-8,10-12,22H,2-4,9H2,1H3,(H,23,28)(H,24,27)(H,25,26). The lowest BCUT2D eigenvalue weighted by atomic mass is 10.1. The lowest BCUT2D eigenvalue weighted by molar-refractivity contribution is -0.117. The van der Waals surface area contributed by atoms with Crippen molar-refractivity contribution in [3.05, 3.63) is 47.5 Å². The zero-order chi connectivity index (χ0) is 19.7. The van der Waals surface area contributed by atoms with Gasteiger partial charge >= 0.3 is 0 Å². The Balaban J connectivity index is 1.54. The summed E-state index contributed by atoms with van der Waals surface area (Å²) in [6.45, 7) is 1.92. The van der Waals surface area contributed by atoms with Crippen molar-refractivity contribution in [2.75, 3.05) is 21.3 Å². The first-order valence-electron chi connectivity index (χ1n) is 9.42. The molecule has 0 bridgehead atoms. The van der Waals surface area contributed by atoms with Gasteiger partial charge in [0.05, 0.1) is 11.4 Å². The third-order valence-corrected chi connectivity index (χ3v) is 4.94. The minimum absolute atomic E-state index is 0.00443. The Bertz CT molecular complexity index is 970. The molecule has 0 saturated carbocycles. The van der Waals surface area contributed by atoms with E-state index in [2.05, 4.69) is 21.3 Å². The first-order chi connectivity index (χ1) is 13.5. The lowest BCUT2D eigenvalue weighted by Crippen LogP contribution is -2.19. The molecule has 1 atom stereocenters. The van der Waals surface area contributed by atoms with Crippen molar-refractivity contribution in [2.45, 2.75) is 38.6 Å². The molecule has 4 rings (SSSR count). The van der Waals surface area contributed by atoms with E-state index in [1.165, 1.54) is 0 Å². The number of benzene rings is 2. The minimum Gasteiger partial charge on any atom is -0.380 e. The molecule has 2 aromatic carbocycles. The fourth-order valence-corrected chi connectivity index (χ4v) is 3.55. The number of hydrogen-bond donors (Lipinski definition) is 4. The Hall–Kier alpha value is -3.35. The average Bonchev–Trinajstić information content (AvgIpc) is 2.91. The molecule has 2 aliphatic rings. The van der Waals surface area contributed by atoms with Crippen molar-refractivity contribution < 1.29 is 14.4 Å². The molecule has 2 heterocycles. The smallest absolute Gasteiger partial charge is 0.255 e. The second-order valence-electron chi connectivity index (χ2n) is 7.29. The molecule has 0 fully saturated rings. The van der Waals surface area contributed by atoms with Gasteiger partial charge in [0.2, 0.25) is 11.8 Å². The number of amides is 3. The number of carbonyl (C=O) groups excluding carboxylic acids is 3. The number of hydrogen-bond acceptors (Lipinski definition) is 4. The maximum absolute atomic E-state index is 12.7. The highest BCUT2D eigenvalue weighted by Crippen LogP contribution is 2.29. The lowest BCUT2D eigenvalue weighted by Gasteiger charge is -2.14. The summed E-state index contributed by atoms with van der Waals surface area (Å²) >= 11 is 0. The summed E-state index contributed by atoms with van der Waals surface area (Å²) in [5.41, 5.74) is 4.31. The Morgan fingerprint density at radius 3 is 2.64 bits per heavy atom. The van der Waals surface area contributed by atoms with Crippen molar-refractivity contribution in [3.8, 4) is 0 Å². The predicted molar refractivity (Wildman–Crippen MR) is 109 cm³/mol. The third-order valence-electron chi connectivity index (χ3n) is 4.94. The van der Waals surface area contributed by atoms with Crippen LogP contribution in [-0.4, -0.2) is 23.8 Å². The van der Waals surface area contributed by atoms with Crippen LogP contribution in [0.15, 0.2) is 36.4 Å². The van der Waals surface area contributed by atoms with Crippen LogP contribution in [0.5, 0.6) is 0 Å². The Labute approximate surface area is 162 Å². The number of aryl methyl sites for hydroxylation is 1. The fraction of sp³-hybridized carbons (Fsp3) is 0.286. The summed E-state index contributed by atoms with van der Waals surface area (Å²) in [6.07, 6.45) is 2.54. The third kappa shape index (κ3) is 3.83. The van der Waals surface area contributed by atoms with Crippen LogP contribution >= 0.6 is 0 Å². The highest BCUT2D eigenvalue weighted by molar-refractivity contribution is 6.07. The van der Waals surface area contributed by atoms with E-state index in [0.29, 0.717) is 29.8 Å². The van der Waals surface area contributed by atoms with E-state index in [0.717, 1.165) is 29.8 Å². The van der Waals surface area contributed by atoms with Gasteiger partial charge in [0.25, 0.3) is 5.91 Å². The van der Waals surface area contributed by atoms with E-state index >= 15 is 0 Å². The van der Waals surface area contributed by atoms with Gasteiger partial charge in [-0.2, -0.15) is 0 Å². The largest absolute Gasteiger partial charge is 0.380 e. The van der Waals surface area contributed by atoms with Gasteiger partial charge in [0, 0.05) is 35.8 Å². The molecule has 144 valence electrons. The van der Waals surface area contributed by atoms with E-state index in [4.69, 9.17) is 0 Å². The molecule has 0 aliphatic carbocycles. The number of rotatable bonds is 2. The number of anilines is 4. The monoisotopic (exact) mass is 378 g/mol. The van der Waals surface area contributed by atoms with Crippen LogP contribution in [0.1, 0.15) is 42.1 Å². The van der Waals surface area contributed by atoms with Gasteiger partial charge in [-0.15, -0.1) is 0 Å². The predicted octanol–water partition coefficient (Wildman–Crippen LogP) is 3.36. The van der Waals surface area contributed by atoms with Crippen molar-refractivity contribution >= 4 is 40.5 Å². The normalized spacial score (nSPS) is 18.4. The molecule has 0 spiro atoms. The highest BCUT2D eigenvalue weighted by atomic mass is 16.2. The molecule has 0 radical (unpaired) electrons. The van der Waals surface area contributed by atoms with Crippen LogP contribution in [0, 0.1) is 0 Å². The molecule has 4 N–H and O–H groups in total. The van der Waals surface area contributed by atoms with Gasteiger partial charge in [-0.1, -0.05) is 6.07 Å². The van der Waals surface area contributed by atoms with Crippen molar-refractivity contribution in [3.63, 3.8) is 0 Å². The summed E-state index contributed by atoms with van der Waals surface area (Å²) in [4.78, 5) is 36.3. The maximum atomic E-state index is 12.7. The molecule has 2 aromatic rings. The molecule has 0 saturated heterocycles. The van der Waals surface area contributed by atoms with E-state index < -0.39 is 0 Å². The number of nitrogens with one attached hydrogen (secondary N) is 4. The molecule has 1 unspecified atom stereocenters. The summed E-state index contributed by atoms with van der Waals surface area (Å²) in [6, 6.07) is 10.7. The van der Waals surface area contributed by atoms with Gasteiger partial charge < -0.3 is 21.3 Å². The molecule has 2 aliphatic heterocycles. The van der Waals surface area contributed by atoms with Gasteiger partial charge in [-0.25, -0.2) is 0 Å². The van der Waals surface area contributed by atoms with Gasteiger partial charge in [0.1, 0.15) is 0 Å². The summed E-state index contributed by atoms with van der Waals surface area (Å²) < 4.78 is 0. The highest BCUT2D eigenvalue weighted by Gasteiger charge is 2.19. The first kappa shape index (κ1) is 18.0. The van der Waals surface area contributed by atoms with E-state index in [-0.39, 0.29) is 23.8 Å². The van der Waals surface area contributed by atoms with E-state index in [9.17, 15) is 14.4 Å². The second kappa shape index (κ2) is 7.34.